The van der Waals surface area contributed by atoms with Gasteiger partial charge in [-0.25, -0.2) is 13.4 Å². The first-order chi connectivity index (χ1) is 7.61. The molecule has 6 heteroatoms. The fourth-order valence-corrected chi connectivity index (χ4v) is 3.65. The number of rotatable bonds is 3. The fraction of sp³-hybridized carbons (Fsp3) is 0.700. The number of nitrogens with zero attached hydrogens (tertiary/aromatic N) is 1. The Morgan fingerprint density at radius 3 is 3.06 bits per heavy atom. The molecule has 1 aromatic heterocycles. The normalized spacial score (nSPS) is 24.4. The summed E-state index contributed by atoms with van der Waals surface area (Å²) in [4.78, 5) is 4.08. The number of hydrogen-bond acceptors (Lipinski definition) is 5. The summed E-state index contributed by atoms with van der Waals surface area (Å²) in [7, 11) is -2.93. The first-order valence-corrected chi connectivity index (χ1v) is 7.19. The van der Waals surface area contributed by atoms with Crippen molar-refractivity contribution in [3.05, 3.63) is 17.8 Å². The number of aliphatic hydroxyl groups excluding tert-OH is 1. The maximum Gasteiger partial charge on any atom is 0.198 e. The Bertz CT molecular complexity index is 451. The minimum atomic E-state index is -2.93. The van der Waals surface area contributed by atoms with Crippen molar-refractivity contribution in [2.24, 2.45) is 0 Å². The van der Waals surface area contributed by atoms with Crippen molar-refractivity contribution in [2.75, 3.05) is 18.1 Å². The number of oxazole rings is 1. The summed E-state index contributed by atoms with van der Waals surface area (Å²) >= 11 is 0. The molecule has 0 saturated carbocycles. The van der Waals surface area contributed by atoms with Gasteiger partial charge in [0.05, 0.1) is 24.3 Å². The lowest BCUT2D eigenvalue weighted by Gasteiger charge is -2.18. The monoisotopic (exact) mass is 245 g/mol. The van der Waals surface area contributed by atoms with E-state index in [1.165, 1.54) is 0 Å². The van der Waals surface area contributed by atoms with Crippen LogP contribution in [-0.4, -0.2) is 36.6 Å². The SMILES string of the molecule is O=S1(=O)CCCC(c2ncc(CCO)o2)C1. The number of aliphatic hydroxyl groups is 1. The second-order valence-electron chi connectivity index (χ2n) is 4.09. The van der Waals surface area contributed by atoms with Crippen LogP contribution in [0.5, 0.6) is 0 Å². The van der Waals surface area contributed by atoms with Crippen molar-refractivity contribution in [1.29, 1.82) is 0 Å². The minimum Gasteiger partial charge on any atom is -0.445 e. The van der Waals surface area contributed by atoms with Gasteiger partial charge in [0.25, 0.3) is 0 Å². The average Bonchev–Trinajstić information content (AvgIpc) is 2.65. The van der Waals surface area contributed by atoms with Gasteiger partial charge in [-0.2, -0.15) is 0 Å². The molecule has 1 N–H and O–H groups in total. The third kappa shape index (κ3) is 2.62. The number of aromatic nitrogens is 1. The van der Waals surface area contributed by atoms with Crippen molar-refractivity contribution in [2.45, 2.75) is 25.2 Å². The minimum absolute atomic E-state index is 0.0115. The first kappa shape index (κ1) is 11.6. The van der Waals surface area contributed by atoms with E-state index in [0.717, 1.165) is 6.42 Å². The quantitative estimate of drug-likeness (QED) is 0.838. The van der Waals surface area contributed by atoms with E-state index >= 15 is 0 Å². The van der Waals surface area contributed by atoms with Crippen LogP contribution in [0.4, 0.5) is 0 Å². The van der Waals surface area contributed by atoms with E-state index in [9.17, 15) is 8.42 Å². The summed E-state index contributed by atoms with van der Waals surface area (Å²) in [5.74, 6) is 1.39. The van der Waals surface area contributed by atoms with Crippen molar-refractivity contribution in [3.63, 3.8) is 0 Å². The molecule has 5 nitrogen and oxygen atoms in total. The van der Waals surface area contributed by atoms with Crippen LogP contribution in [0.15, 0.2) is 10.6 Å². The van der Waals surface area contributed by atoms with Crippen LogP contribution >= 0.6 is 0 Å². The van der Waals surface area contributed by atoms with E-state index in [2.05, 4.69) is 4.98 Å². The molecule has 1 fully saturated rings. The van der Waals surface area contributed by atoms with Gasteiger partial charge in [-0.15, -0.1) is 0 Å². The van der Waals surface area contributed by atoms with Crippen LogP contribution in [-0.2, 0) is 16.3 Å². The highest BCUT2D eigenvalue weighted by Crippen LogP contribution is 2.27. The van der Waals surface area contributed by atoms with Crippen LogP contribution in [0.2, 0.25) is 0 Å². The third-order valence-electron chi connectivity index (χ3n) is 2.74. The van der Waals surface area contributed by atoms with Gasteiger partial charge in [-0.3, -0.25) is 0 Å². The van der Waals surface area contributed by atoms with Gasteiger partial charge in [-0.1, -0.05) is 0 Å². The second-order valence-corrected chi connectivity index (χ2v) is 6.32. The van der Waals surface area contributed by atoms with Crippen LogP contribution in [0.25, 0.3) is 0 Å². The lowest BCUT2D eigenvalue weighted by atomic mass is 10.1. The molecule has 90 valence electrons. The molecular formula is C10H15NO4S. The Morgan fingerprint density at radius 1 is 1.56 bits per heavy atom. The van der Waals surface area contributed by atoms with E-state index in [4.69, 9.17) is 9.52 Å². The van der Waals surface area contributed by atoms with E-state index in [1.807, 2.05) is 0 Å². The number of hydrogen-bond donors (Lipinski definition) is 1. The van der Waals surface area contributed by atoms with Gasteiger partial charge in [0.2, 0.25) is 0 Å². The predicted octanol–water partition coefficient (Wildman–Crippen LogP) is 0.502. The van der Waals surface area contributed by atoms with E-state index < -0.39 is 9.84 Å². The molecule has 2 heterocycles. The Balaban J connectivity index is 2.11. The summed E-state index contributed by atoms with van der Waals surface area (Å²) in [6.07, 6.45) is 3.46. The Morgan fingerprint density at radius 2 is 2.38 bits per heavy atom. The van der Waals surface area contributed by atoms with Crippen molar-refractivity contribution in [3.8, 4) is 0 Å². The Labute approximate surface area is 94.4 Å². The van der Waals surface area contributed by atoms with E-state index in [-0.39, 0.29) is 24.0 Å². The Kier molecular flexibility index (Phi) is 3.30. The van der Waals surface area contributed by atoms with Crippen molar-refractivity contribution in [1.82, 2.24) is 4.98 Å². The maximum absolute atomic E-state index is 11.5. The highest BCUT2D eigenvalue weighted by molar-refractivity contribution is 7.91. The smallest absolute Gasteiger partial charge is 0.198 e. The summed E-state index contributed by atoms with van der Waals surface area (Å²) in [6, 6.07) is 0. The van der Waals surface area contributed by atoms with Gasteiger partial charge in [0.15, 0.2) is 15.7 Å². The summed E-state index contributed by atoms with van der Waals surface area (Å²) in [5.41, 5.74) is 0. The Hall–Kier alpha value is -0.880. The molecule has 1 atom stereocenters. The zero-order valence-corrected chi connectivity index (χ0v) is 9.74. The van der Waals surface area contributed by atoms with Gasteiger partial charge in [0.1, 0.15) is 5.76 Å². The molecule has 0 aliphatic carbocycles. The van der Waals surface area contributed by atoms with Gasteiger partial charge < -0.3 is 9.52 Å². The molecule has 0 bridgehead atoms. The van der Waals surface area contributed by atoms with Gasteiger partial charge in [0, 0.05) is 12.3 Å². The van der Waals surface area contributed by atoms with Gasteiger partial charge >= 0.3 is 0 Å². The average molecular weight is 245 g/mol. The lowest BCUT2D eigenvalue weighted by Crippen LogP contribution is -2.23. The van der Waals surface area contributed by atoms with E-state index in [0.29, 0.717) is 24.5 Å². The molecule has 1 aromatic rings. The molecule has 1 aliphatic heterocycles. The molecule has 1 aliphatic rings. The van der Waals surface area contributed by atoms with Crippen molar-refractivity contribution < 1.29 is 17.9 Å². The predicted molar refractivity (Wildman–Crippen MR) is 57.9 cm³/mol. The number of sulfone groups is 1. The van der Waals surface area contributed by atoms with Crippen LogP contribution in [0.3, 0.4) is 0 Å². The summed E-state index contributed by atoms with van der Waals surface area (Å²) < 4.78 is 28.3. The fourth-order valence-electron chi connectivity index (χ4n) is 1.95. The van der Waals surface area contributed by atoms with Crippen LogP contribution in [0, 0.1) is 0 Å². The lowest BCUT2D eigenvalue weighted by molar-refractivity contribution is 0.284. The molecule has 1 saturated heterocycles. The standard InChI is InChI=1S/C10H15NO4S/c12-4-3-9-6-11-10(15-9)8-2-1-5-16(13,14)7-8/h6,8,12H,1-5,7H2. The molecule has 16 heavy (non-hydrogen) atoms. The molecule has 2 rings (SSSR count). The van der Waals surface area contributed by atoms with Crippen molar-refractivity contribution >= 4 is 9.84 Å². The van der Waals surface area contributed by atoms with Gasteiger partial charge in [-0.05, 0) is 12.8 Å². The molecule has 0 aromatic carbocycles. The topological polar surface area (TPSA) is 80.4 Å². The van der Waals surface area contributed by atoms with Crippen LogP contribution in [0.1, 0.15) is 30.4 Å². The molecular weight excluding hydrogens is 230 g/mol. The molecule has 1 unspecified atom stereocenters. The molecule has 0 spiro atoms. The largest absolute Gasteiger partial charge is 0.445 e. The summed E-state index contributed by atoms with van der Waals surface area (Å²) in [6.45, 7) is 0.0115. The highest BCUT2D eigenvalue weighted by atomic mass is 32.2. The zero-order chi connectivity index (χ0) is 11.6. The zero-order valence-electron chi connectivity index (χ0n) is 8.92. The second kappa shape index (κ2) is 4.55. The molecule has 0 radical (unpaired) electrons. The highest BCUT2D eigenvalue weighted by Gasteiger charge is 2.29. The van der Waals surface area contributed by atoms with E-state index in [1.54, 1.807) is 6.20 Å². The maximum atomic E-state index is 11.5. The van der Waals surface area contributed by atoms with Crippen LogP contribution < -0.4 is 0 Å². The summed E-state index contributed by atoms with van der Waals surface area (Å²) in [5, 5.41) is 8.74. The first-order valence-electron chi connectivity index (χ1n) is 5.36. The molecule has 0 amide bonds. The third-order valence-corrected chi connectivity index (χ3v) is 4.56.